The van der Waals surface area contributed by atoms with Crippen LogP contribution in [0, 0.1) is 0 Å². The van der Waals surface area contributed by atoms with Gasteiger partial charge in [0.2, 0.25) is 0 Å². The van der Waals surface area contributed by atoms with E-state index < -0.39 is 6.61 Å². The SMILES string of the molecule is O=C(c1cc(Br)ccc1OC(F)F)N1CCN(Cc2ccccc2Br)CC1. The molecule has 1 fully saturated rings. The summed E-state index contributed by atoms with van der Waals surface area (Å²) in [4.78, 5) is 16.8. The average Bonchev–Trinajstić information content (AvgIpc) is 2.65. The van der Waals surface area contributed by atoms with Gasteiger partial charge in [0.25, 0.3) is 5.91 Å². The minimum absolute atomic E-state index is 0.103. The lowest BCUT2D eigenvalue weighted by Gasteiger charge is -2.35. The molecule has 144 valence electrons. The Morgan fingerprint density at radius 1 is 1.07 bits per heavy atom. The van der Waals surface area contributed by atoms with Gasteiger partial charge in [0.1, 0.15) is 5.75 Å². The third-order valence-corrected chi connectivity index (χ3v) is 5.67. The second kappa shape index (κ2) is 9.12. The smallest absolute Gasteiger partial charge is 0.387 e. The molecule has 0 aliphatic carbocycles. The lowest BCUT2D eigenvalue weighted by molar-refractivity contribution is -0.0503. The van der Waals surface area contributed by atoms with Gasteiger partial charge in [0.15, 0.2) is 0 Å². The van der Waals surface area contributed by atoms with Crippen LogP contribution in [0.2, 0.25) is 0 Å². The molecule has 8 heteroatoms. The monoisotopic (exact) mass is 502 g/mol. The number of ether oxygens (including phenoxy) is 1. The molecule has 0 saturated carbocycles. The van der Waals surface area contributed by atoms with Crippen molar-refractivity contribution in [3.63, 3.8) is 0 Å². The summed E-state index contributed by atoms with van der Waals surface area (Å²) in [5, 5.41) is 0. The molecule has 1 amide bonds. The van der Waals surface area contributed by atoms with Gasteiger partial charge in [-0.25, -0.2) is 0 Å². The van der Waals surface area contributed by atoms with Crippen LogP contribution in [0.25, 0.3) is 0 Å². The van der Waals surface area contributed by atoms with Crippen molar-refractivity contribution in [2.45, 2.75) is 13.2 Å². The van der Waals surface area contributed by atoms with Crippen molar-refractivity contribution in [2.24, 2.45) is 0 Å². The van der Waals surface area contributed by atoms with E-state index in [-0.39, 0.29) is 17.2 Å². The van der Waals surface area contributed by atoms with Crippen molar-refractivity contribution in [1.82, 2.24) is 9.80 Å². The van der Waals surface area contributed by atoms with Crippen LogP contribution in [-0.2, 0) is 6.54 Å². The van der Waals surface area contributed by atoms with Crippen LogP contribution < -0.4 is 4.74 Å². The fourth-order valence-corrected chi connectivity index (χ4v) is 3.79. The van der Waals surface area contributed by atoms with Gasteiger partial charge >= 0.3 is 6.61 Å². The predicted molar refractivity (Wildman–Crippen MR) is 106 cm³/mol. The van der Waals surface area contributed by atoms with Gasteiger partial charge in [-0.15, -0.1) is 0 Å². The topological polar surface area (TPSA) is 32.8 Å². The van der Waals surface area contributed by atoms with Crippen molar-refractivity contribution in [3.8, 4) is 5.75 Å². The van der Waals surface area contributed by atoms with E-state index in [0.29, 0.717) is 30.7 Å². The fourth-order valence-electron chi connectivity index (χ4n) is 3.02. The van der Waals surface area contributed by atoms with Crippen LogP contribution >= 0.6 is 31.9 Å². The zero-order chi connectivity index (χ0) is 19.4. The van der Waals surface area contributed by atoms with Crippen molar-refractivity contribution in [3.05, 3.63) is 62.5 Å². The number of benzene rings is 2. The number of piperazine rings is 1. The summed E-state index contributed by atoms with van der Waals surface area (Å²) in [5.74, 6) is -0.402. The number of hydrogen-bond donors (Lipinski definition) is 0. The van der Waals surface area contributed by atoms with Gasteiger partial charge < -0.3 is 9.64 Å². The lowest BCUT2D eigenvalue weighted by Crippen LogP contribution is -2.48. The van der Waals surface area contributed by atoms with E-state index in [1.165, 1.54) is 17.7 Å². The summed E-state index contributed by atoms with van der Waals surface area (Å²) in [6.45, 7) is 0.311. The summed E-state index contributed by atoms with van der Waals surface area (Å²) < 4.78 is 31.5. The molecule has 1 aliphatic heterocycles. The van der Waals surface area contributed by atoms with Gasteiger partial charge in [0.05, 0.1) is 5.56 Å². The number of carbonyl (C=O) groups is 1. The van der Waals surface area contributed by atoms with E-state index in [2.05, 4.69) is 47.6 Å². The molecule has 2 aromatic carbocycles. The Labute approximate surface area is 173 Å². The maximum Gasteiger partial charge on any atom is 0.387 e. The Kier molecular flexibility index (Phi) is 6.83. The second-order valence-electron chi connectivity index (χ2n) is 6.18. The normalized spacial score (nSPS) is 15.2. The maximum atomic E-state index is 12.8. The first-order valence-corrected chi connectivity index (χ1v) is 10.0. The van der Waals surface area contributed by atoms with E-state index in [1.54, 1.807) is 11.0 Å². The van der Waals surface area contributed by atoms with Crippen LogP contribution in [-0.4, -0.2) is 48.5 Å². The molecule has 3 rings (SSSR count). The Hall–Kier alpha value is -1.51. The van der Waals surface area contributed by atoms with E-state index in [9.17, 15) is 13.6 Å². The predicted octanol–water partition coefficient (Wildman–Crippen LogP) is 4.77. The highest BCUT2D eigenvalue weighted by Crippen LogP contribution is 2.27. The molecule has 0 bridgehead atoms. The van der Waals surface area contributed by atoms with Crippen LogP contribution in [0.15, 0.2) is 51.4 Å². The molecule has 0 radical (unpaired) electrons. The first-order chi connectivity index (χ1) is 12.9. The molecular formula is C19H18Br2F2N2O2. The van der Waals surface area contributed by atoms with E-state index in [1.807, 2.05) is 18.2 Å². The minimum Gasteiger partial charge on any atom is -0.434 e. The molecule has 1 aliphatic rings. The number of halogens is 4. The van der Waals surface area contributed by atoms with Gasteiger partial charge in [0, 0.05) is 41.7 Å². The summed E-state index contributed by atoms with van der Waals surface area (Å²) in [6, 6.07) is 12.5. The summed E-state index contributed by atoms with van der Waals surface area (Å²) in [5.41, 5.74) is 1.33. The molecule has 0 N–H and O–H groups in total. The molecule has 4 nitrogen and oxygen atoms in total. The van der Waals surface area contributed by atoms with Gasteiger partial charge in [-0.3, -0.25) is 9.69 Å². The Bertz CT molecular complexity index is 812. The number of hydrogen-bond acceptors (Lipinski definition) is 3. The number of nitrogens with zero attached hydrogens (tertiary/aromatic N) is 2. The lowest BCUT2D eigenvalue weighted by atomic mass is 10.1. The molecular weight excluding hydrogens is 486 g/mol. The Morgan fingerprint density at radius 3 is 2.44 bits per heavy atom. The fraction of sp³-hybridized carbons (Fsp3) is 0.316. The molecule has 0 aromatic heterocycles. The largest absolute Gasteiger partial charge is 0.434 e. The average molecular weight is 504 g/mol. The molecule has 0 unspecified atom stereocenters. The van der Waals surface area contributed by atoms with Crippen LogP contribution in [0.4, 0.5) is 8.78 Å². The maximum absolute atomic E-state index is 12.8. The van der Waals surface area contributed by atoms with Crippen molar-refractivity contribution in [1.29, 1.82) is 0 Å². The third-order valence-electron chi connectivity index (χ3n) is 4.40. The molecule has 0 atom stereocenters. The quantitative estimate of drug-likeness (QED) is 0.589. The van der Waals surface area contributed by atoms with Gasteiger partial charge in [-0.05, 0) is 29.8 Å². The highest BCUT2D eigenvalue weighted by atomic mass is 79.9. The van der Waals surface area contributed by atoms with E-state index in [4.69, 9.17) is 0 Å². The molecule has 1 heterocycles. The first kappa shape index (κ1) is 20.2. The second-order valence-corrected chi connectivity index (χ2v) is 7.95. The number of carbonyl (C=O) groups excluding carboxylic acids is 1. The van der Waals surface area contributed by atoms with Crippen molar-refractivity contribution in [2.75, 3.05) is 26.2 Å². The van der Waals surface area contributed by atoms with Crippen molar-refractivity contribution >= 4 is 37.8 Å². The van der Waals surface area contributed by atoms with E-state index >= 15 is 0 Å². The highest BCUT2D eigenvalue weighted by Gasteiger charge is 2.25. The van der Waals surface area contributed by atoms with Crippen LogP contribution in [0.3, 0.4) is 0 Å². The molecule has 2 aromatic rings. The van der Waals surface area contributed by atoms with Crippen LogP contribution in [0.5, 0.6) is 5.75 Å². The Balaban J connectivity index is 1.65. The highest BCUT2D eigenvalue weighted by molar-refractivity contribution is 9.10. The third kappa shape index (κ3) is 5.27. The summed E-state index contributed by atoms with van der Waals surface area (Å²) >= 11 is 6.83. The minimum atomic E-state index is -2.97. The van der Waals surface area contributed by atoms with Gasteiger partial charge in [-0.2, -0.15) is 8.78 Å². The summed E-state index contributed by atoms with van der Waals surface area (Å²) in [6.07, 6.45) is 0. The van der Waals surface area contributed by atoms with Crippen LogP contribution in [0.1, 0.15) is 15.9 Å². The molecule has 0 spiro atoms. The number of alkyl halides is 2. The standard InChI is InChI=1S/C19H18Br2F2N2O2/c20-14-5-6-17(27-19(22)23)15(11-14)18(26)25-9-7-24(8-10-25)12-13-3-1-2-4-16(13)21/h1-6,11,19H,7-10,12H2. The molecule has 27 heavy (non-hydrogen) atoms. The zero-order valence-electron chi connectivity index (χ0n) is 14.4. The van der Waals surface area contributed by atoms with E-state index in [0.717, 1.165) is 11.0 Å². The summed E-state index contributed by atoms with van der Waals surface area (Å²) in [7, 11) is 0. The first-order valence-electron chi connectivity index (χ1n) is 8.43. The van der Waals surface area contributed by atoms with Crippen molar-refractivity contribution < 1.29 is 18.3 Å². The zero-order valence-corrected chi connectivity index (χ0v) is 17.5. The number of amides is 1. The molecule has 1 saturated heterocycles. The Morgan fingerprint density at radius 2 is 1.78 bits per heavy atom. The van der Waals surface area contributed by atoms with Gasteiger partial charge in [-0.1, -0.05) is 50.1 Å². The number of rotatable bonds is 5.